The van der Waals surface area contributed by atoms with E-state index in [4.69, 9.17) is 0 Å². The van der Waals surface area contributed by atoms with E-state index in [1.807, 2.05) is 0 Å². The Kier molecular flexibility index (Phi) is 15.3. The largest absolute Gasteiger partial charge is 0.392 e. The molecule has 122 valence electrons. The molecule has 0 saturated carbocycles. The maximum atomic E-state index is 9.72. The smallest absolute Gasteiger partial charge is 0.0667 e. The van der Waals surface area contributed by atoms with Gasteiger partial charge in [-0.15, -0.1) is 0 Å². The first-order chi connectivity index (χ1) is 9.66. The molecule has 0 radical (unpaired) electrons. The molecule has 1 atom stereocenters. The number of nitrogens with one attached hydrogen (secondary N) is 1. The lowest BCUT2D eigenvalue weighted by Gasteiger charge is -2.13. The summed E-state index contributed by atoms with van der Waals surface area (Å²) in [7, 11) is 0. The van der Waals surface area contributed by atoms with Gasteiger partial charge in [-0.1, -0.05) is 78.6 Å². The third-order valence-corrected chi connectivity index (χ3v) is 3.83. The van der Waals surface area contributed by atoms with Crippen LogP contribution in [0.25, 0.3) is 0 Å². The minimum absolute atomic E-state index is 0.168. The fourth-order valence-electron chi connectivity index (χ4n) is 2.63. The third kappa shape index (κ3) is 16.0. The molecule has 0 aromatic carbocycles. The van der Waals surface area contributed by atoms with E-state index in [-0.39, 0.29) is 6.10 Å². The Bertz CT molecular complexity index is 182. The average Bonchev–Trinajstić information content (AvgIpc) is 2.39. The Morgan fingerprint density at radius 1 is 0.800 bits per heavy atom. The highest BCUT2D eigenvalue weighted by Crippen LogP contribution is 2.10. The zero-order valence-corrected chi connectivity index (χ0v) is 14.3. The number of hydrogen-bond donors (Lipinski definition) is 2. The molecule has 0 heterocycles. The van der Waals surface area contributed by atoms with Gasteiger partial charge in [0.25, 0.3) is 0 Å². The van der Waals surface area contributed by atoms with E-state index >= 15 is 0 Å². The second kappa shape index (κ2) is 15.3. The molecule has 2 nitrogen and oxygen atoms in total. The Morgan fingerprint density at radius 2 is 1.30 bits per heavy atom. The summed E-state index contributed by atoms with van der Waals surface area (Å²) in [5, 5.41) is 13.1. The minimum atomic E-state index is -0.168. The minimum Gasteiger partial charge on any atom is -0.392 e. The summed E-state index contributed by atoms with van der Waals surface area (Å²) in [6.07, 6.45) is 14.6. The maximum Gasteiger partial charge on any atom is 0.0667 e. The van der Waals surface area contributed by atoms with Crippen LogP contribution < -0.4 is 5.32 Å². The van der Waals surface area contributed by atoms with E-state index in [9.17, 15) is 5.11 Å². The molecule has 0 bridgehead atoms. The van der Waals surface area contributed by atoms with Gasteiger partial charge >= 0.3 is 0 Å². The Labute approximate surface area is 127 Å². The Hall–Kier alpha value is -0.0800. The van der Waals surface area contributed by atoms with Crippen molar-refractivity contribution in [1.82, 2.24) is 5.32 Å². The van der Waals surface area contributed by atoms with E-state index in [2.05, 4.69) is 26.1 Å². The topological polar surface area (TPSA) is 32.3 Å². The zero-order chi connectivity index (χ0) is 15.1. The van der Waals surface area contributed by atoms with Crippen molar-refractivity contribution in [1.29, 1.82) is 0 Å². The van der Waals surface area contributed by atoms with Gasteiger partial charge in [-0.05, 0) is 25.3 Å². The standard InChI is InChI=1S/C18H39NO/c1-4-5-6-7-8-9-10-11-12-13-14-19-16-18(20)15-17(2)3/h17-20H,4-16H2,1-3H3. The average molecular weight is 286 g/mol. The molecule has 0 saturated heterocycles. The number of aliphatic hydroxyl groups is 1. The maximum absolute atomic E-state index is 9.72. The molecule has 0 rings (SSSR count). The van der Waals surface area contributed by atoms with Crippen molar-refractivity contribution in [3.8, 4) is 0 Å². The predicted molar refractivity (Wildman–Crippen MR) is 90.2 cm³/mol. The zero-order valence-electron chi connectivity index (χ0n) is 14.3. The van der Waals surface area contributed by atoms with Crippen LogP contribution in [0.4, 0.5) is 0 Å². The summed E-state index contributed by atoms with van der Waals surface area (Å²) >= 11 is 0. The lowest BCUT2D eigenvalue weighted by molar-refractivity contribution is 0.146. The molecule has 1 unspecified atom stereocenters. The van der Waals surface area contributed by atoms with Crippen molar-refractivity contribution in [3.05, 3.63) is 0 Å². The molecule has 20 heavy (non-hydrogen) atoms. The molecule has 0 aliphatic heterocycles. The van der Waals surface area contributed by atoms with E-state index < -0.39 is 0 Å². The molecular weight excluding hydrogens is 246 g/mol. The van der Waals surface area contributed by atoms with Gasteiger partial charge in [0, 0.05) is 6.54 Å². The van der Waals surface area contributed by atoms with Crippen molar-refractivity contribution >= 4 is 0 Å². The van der Waals surface area contributed by atoms with Crippen LogP contribution in [-0.4, -0.2) is 24.3 Å². The summed E-state index contributed by atoms with van der Waals surface area (Å²) in [6.45, 7) is 8.41. The summed E-state index contributed by atoms with van der Waals surface area (Å²) in [5.41, 5.74) is 0. The van der Waals surface area contributed by atoms with Crippen molar-refractivity contribution in [3.63, 3.8) is 0 Å². The molecule has 0 aliphatic carbocycles. The van der Waals surface area contributed by atoms with Crippen LogP contribution in [0.3, 0.4) is 0 Å². The molecule has 0 fully saturated rings. The second-order valence-corrected chi connectivity index (χ2v) is 6.67. The fraction of sp³-hybridized carbons (Fsp3) is 1.00. The number of rotatable bonds is 15. The SMILES string of the molecule is CCCCCCCCCCCCNCC(O)CC(C)C. The van der Waals surface area contributed by atoms with E-state index in [1.165, 1.54) is 64.2 Å². The summed E-state index contributed by atoms with van der Waals surface area (Å²) in [6, 6.07) is 0. The first-order valence-electron chi connectivity index (χ1n) is 9.05. The van der Waals surface area contributed by atoms with Gasteiger partial charge in [0.05, 0.1) is 6.10 Å². The number of aliphatic hydroxyl groups excluding tert-OH is 1. The molecule has 2 N–H and O–H groups in total. The van der Waals surface area contributed by atoms with Gasteiger partial charge < -0.3 is 10.4 Å². The summed E-state index contributed by atoms with van der Waals surface area (Å²) < 4.78 is 0. The van der Waals surface area contributed by atoms with Crippen LogP contribution in [0.15, 0.2) is 0 Å². The molecule has 0 amide bonds. The van der Waals surface area contributed by atoms with Crippen molar-refractivity contribution in [2.24, 2.45) is 5.92 Å². The van der Waals surface area contributed by atoms with Gasteiger partial charge in [0.1, 0.15) is 0 Å². The summed E-state index contributed by atoms with van der Waals surface area (Å²) in [5.74, 6) is 0.587. The normalized spacial score (nSPS) is 13.1. The quantitative estimate of drug-likeness (QED) is 0.419. The van der Waals surface area contributed by atoms with Crippen LogP contribution in [0, 0.1) is 5.92 Å². The van der Waals surface area contributed by atoms with Crippen LogP contribution in [-0.2, 0) is 0 Å². The monoisotopic (exact) mass is 285 g/mol. The fourth-order valence-corrected chi connectivity index (χ4v) is 2.63. The second-order valence-electron chi connectivity index (χ2n) is 6.67. The lowest BCUT2D eigenvalue weighted by atomic mass is 10.1. The first-order valence-corrected chi connectivity index (χ1v) is 9.05. The van der Waals surface area contributed by atoms with E-state index in [1.54, 1.807) is 0 Å². The molecule has 0 aromatic heterocycles. The van der Waals surface area contributed by atoms with E-state index in [0.29, 0.717) is 5.92 Å². The van der Waals surface area contributed by atoms with Crippen molar-refractivity contribution in [2.75, 3.05) is 13.1 Å². The molecule has 0 aliphatic rings. The van der Waals surface area contributed by atoms with Gasteiger partial charge in [-0.3, -0.25) is 0 Å². The van der Waals surface area contributed by atoms with Crippen LogP contribution >= 0.6 is 0 Å². The first kappa shape index (κ1) is 19.9. The Balaban J connectivity index is 3.06. The Morgan fingerprint density at radius 3 is 1.80 bits per heavy atom. The van der Waals surface area contributed by atoms with Crippen LogP contribution in [0.2, 0.25) is 0 Å². The van der Waals surface area contributed by atoms with Gasteiger partial charge in [-0.25, -0.2) is 0 Å². The van der Waals surface area contributed by atoms with Gasteiger partial charge in [0.2, 0.25) is 0 Å². The highest BCUT2D eigenvalue weighted by Gasteiger charge is 2.05. The third-order valence-electron chi connectivity index (χ3n) is 3.83. The molecule has 0 aromatic rings. The van der Waals surface area contributed by atoms with Crippen molar-refractivity contribution in [2.45, 2.75) is 97.5 Å². The summed E-state index contributed by atoms with van der Waals surface area (Å²) in [4.78, 5) is 0. The van der Waals surface area contributed by atoms with Crippen LogP contribution in [0.5, 0.6) is 0 Å². The van der Waals surface area contributed by atoms with E-state index in [0.717, 1.165) is 19.5 Å². The van der Waals surface area contributed by atoms with Gasteiger partial charge in [0.15, 0.2) is 0 Å². The predicted octanol–water partition coefficient (Wildman–Crippen LogP) is 4.90. The molecule has 2 heteroatoms. The molecule has 0 spiro atoms. The lowest BCUT2D eigenvalue weighted by Crippen LogP contribution is -2.28. The van der Waals surface area contributed by atoms with Crippen LogP contribution in [0.1, 0.15) is 91.4 Å². The van der Waals surface area contributed by atoms with Crippen molar-refractivity contribution < 1.29 is 5.11 Å². The number of hydrogen-bond acceptors (Lipinski definition) is 2. The van der Waals surface area contributed by atoms with Gasteiger partial charge in [-0.2, -0.15) is 0 Å². The highest BCUT2D eigenvalue weighted by molar-refractivity contribution is 4.61. The number of unbranched alkanes of at least 4 members (excludes halogenated alkanes) is 9. The highest BCUT2D eigenvalue weighted by atomic mass is 16.3. The molecular formula is C18H39NO.